The Morgan fingerprint density at radius 1 is 0.729 bits per heavy atom. The van der Waals surface area contributed by atoms with Gasteiger partial charge in [-0.3, -0.25) is 10.1 Å². The van der Waals surface area contributed by atoms with E-state index in [1.807, 2.05) is 40.0 Å². The van der Waals surface area contributed by atoms with Crippen LogP contribution in [0, 0.1) is 35.8 Å². The average Bonchev–Trinajstić information content (AvgIpc) is 3.03. The minimum Gasteiger partial charge on any atom is -0.403 e. The van der Waals surface area contributed by atoms with Gasteiger partial charge in [0, 0.05) is 43.7 Å². The second-order valence-corrected chi connectivity index (χ2v) is 10.1. The van der Waals surface area contributed by atoms with Crippen molar-refractivity contribution < 1.29 is 48.5 Å². The maximum Gasteiger partial charge on any atom is 2.00 e. The van der Waals surface area contributed by atoms with Crippen molar-refractivity contribution in [3.8, 4) is 0 Å². The first kappa shape index (κ1) is 52.9. The molecule has 48 heavy (non-hydrogen) atoms. The summed E-state index contributed by atoms with van der Waals surface area (Å²) in [6.45, 7) is 13.9. The van der Waals surface area contributed by atoms with Crippen LogP contribution in [0.5, 0.6) is 0 Å². The fraction of sp³-hybridized carbons (Fsp3) is 0.444. The van der Waals surface area contributed by atoms with Crippen LogP contribution in [-0.2, 0) is 55.2 Å². The second-order valence-electron chi connectivity index (χ2n) is 10.1. The summed E-state index contributed by atoms with van der Waals surface area (Å²) < 4.78 is 0. The van der Waals surface area contributed by atoms with Crippen molar-refractivity contribution in [2.24, 2.45) is 5.73 Å². The van der Waals surface area contributed by atoms with Gasteiger partial charge in [-0.15, -0.1) is 26.2 Å². The van der Waals surface area contributed by atoms with Crippen LogP contribution in [-0.4, -0.2) is 69.8 Å². The number of hydrogen-bond acceptors (Lipinski definition) is 7. The second kappa shape index (κ2) is 36.4. The molecule has 4 rings (SSSR count). The Morgan fingerprint density at radius 2 is 1.06 bits per heavy atom. The fourth-order valence-electron chi connectivity index (χ4n) is 4.82. The van der Waals surface area contributed by atoms with Crippen molar-refractivity contribution in [2.45, 2.75) is 78.6 Å². The monoisotopic (exact) mass is 996 g/mol. The Kier molecular flexibility index (Phi) is 40.2. The molecule has 0 bridgehead atoms. The first-order valence-electron chi connectivity index (χ1n) is 16.1. The van der Waals surface area contributed by atoms with Gasteiger partial charge in [0.05, 0.1) is 11.1 Å². The van der Waals surface area contributed by atoms with Crippen LogP contribution in [0.25, 0.3) is 0 Å². The Labute approximate surface area is 326 Å². The van der Waals surface area contributed by atoms with Crippen LogP contribution in [0.15, 0.2) is 85.5 Å². The first-order valence-corrected chi connectivity index (χ1v) is 16.1. The molecule has 0 aromatic heterocycles. The molecular formula is C36H58B2N6O2W2. The molecule has 2 heterocycles. The van der Waals surface area contributed by atoms with Gasteiger partial charge < -0.3 is 51.9 Å². The third-order valence-electron chi connectivity index (χ3n) is 6.81. The van der Waals surface area contributed by atoms with Crippen molar-refractivity contribution >= 4 is 16.8 Å². The molecule has 0 spiro atoms. The van der Waals surface area contributed by atoms with E-state index in [-0.39, 0.29) is 66.4 Å². The molecule has 0 atom stereocenters. The van der Waals surface area contributed by atoms with Gasteiger partial charge >= 0.3 is 42.1 Å². The van der Waals surface area contributed by atoms with E-state index < -0.39 is 4.92 Å². The molecule has 8 nitrogen and oxygen atoms in total. The van der Waals surface area contributed by atoms with E-state index in [1.165, 1.54) is 17.3 Å². The summed E-state index contributed by atoms with van der Waals surface area (Å²) in [5.41, 5.74) is 8.05. The molecule has 12 heteroatoms. The maximum absolute atomic E-state index is 10.2. The van der Waals surface area contributed by atoms with Gasteiger partial charge in [0.15, 0.2) is 0 Å². The van der Waals surface area contributed by atoms with Gasteiger partial charge in [0.25, 0.3) is 0 Å². The molecule has 2 saturated heterocycles. The van der Waals surface area contributed by atoms with Gasteiger partial charge in [-0.1, -0.05) is 88.4 Å². The molecule has 0 aliphatic carbocycles. The van der Waals surface area contributed by atoms with Crippen LogP contribution < -0.4 is 16.4 Å². The Bertz CT molecular complexity index is 1010. The Morgan fingerprint density at radius 3 is 1.38 bits per heavy atom. The van der Waals surface area contributed by atoms with E-state index >= 15 is 0 Å². The molecule has 2 aromatic rings. The van der Waals surface area contributed by atoms with E-state index in [9.17, 15) is 10.1 Å². The molecule has 6 radical (unpaired) electrons. The average molecular weight is 996 g/mol. The predicted octanol–water partition coefficient (Wildman–Crippen LogP) is 6.01. The Balaban J connectivity index is -0.000000219. The van der Waals surface area contributed by atoms with Gasteiger partial charge in [-0.05, 0) is 23.2 Å². The van der Waals surface area contributed by atoms with E-state index in [0.29, 0.717) is 6.04 Å². The van der Waals surface area contributed by atoms with Crippen LogP contribution in [0.2, 0.25) is 0 Å². The quantitative estimate of drug-likeness (QED) is 0.123. The minimum atomic E-state index is -0.453. The summed E-state index contributed by atoms with van der Waals surface area (Å²) in [4.78, 5) is 14.6. The van der Waals surface area contributed by atoms with E-state index in [1.54, 1.807) is 6.20 Å². The standard InChI is InChI=1S/C16H21N3O2.C16H23N3.2C2H6.2B.2W.H2/c20-19(21)13-10-17-16-8-4-11-18(12-5-9-16)14-15-6-2-1-3-7-15;17-10-11-18-16-8-4-12-19(13-5-9-16)14-15-6-2-1-3-7-15;2*1-2;;;;;/h1-7,10,13,16-17H,8-9,11-12,14H2;1-7,10-11,16,18H,8-9,12-14,17H2;2*1-2H3;;;;;1H/q2*-2;;;;;2*+2;/b13-10-;11-10-;;;;;;;. The number of nitrogens with two attached hydrogens (primary N) is 1. The van der Waals surface area contributed by atoms with Crippen molar-refractivity contribution in [1.82, 2.24) is 20.4 Å². The zero-order valence-corrected chi connectivity index (χ0v) is 35.2. The molecule has 262 valence electrons. The van der Waals surface area contributed by atoms with E-state index in [4.69, 9.17) is 5.73 Å². The summed E-state index contributed by atoms with van der Waals surface area (Å²) in [5, 5.41) is 16.6. The third kappa shape index (κ3) is 26.1. The van der Waals surface area contributed by atoms with Crippen molar-refractivity contribution in [1.29, 1.82) is 0 Å². The summed E-state index contributed by atoms with van der Waals surface area (Å²) >= 11 is 0. The number of nitrogens with zero attached hydrogens (tertiary/aromatic N) is 3. The summed E-state index contributed by atoms with van der Waals surface area (Å²) in [5.74, 6) is 0. The smallest absolute Gasteiger partial charge is 0.403 e. The van der Waals surface area contributed by atoms with E-state index in [2.05, 4.69) is 101 Å². The molecular weight excluding hydrogens is 938 g/mol. The fourth-order valence-corrected chi connectivity index (χ4v) is 4.82. The zero-order chi connectivity index (χ0) is 32.3. The maximum atomic E-state index is 10.2. The number of benzene rings is 2. The molecule has 0 unspecified atom stereocenters. The van der Waals surface area contributed by atoms with Crippen LogP contribution in [0.4, 0.5) is 0 Å². The number of nitrogens with one attached hydrogen (secondary N) is 2. The number of hydrogen-bond donors (Lipinski definition) is 3. The van der Waals surface area contributed by atoms with Gasteiger partial charge in [-0.2, -0.15) is 25.7 Å². The molecule has 2 aromatic carbocycles. The van der Waals surface area contributed by atoms with Gasteiger partial charge in [-0.25, -0.2) is 0 Å². The molecule has 2 aliphatic rings. The van der Waals surface area contributed by atoms with E-state index in [0.717, 1.165) is 71.2 Å². The number of rotatable bonds is 9. The summed E-state index contributed by atoms with van der Waals surface area (Å²) in [7, 11) is 0. The Hall–Kier alpha value is -1.85. The zero-order valence-electron chi connectivity index (χ0n) is 29.3. The molecule has 0 amide bonds. The predicted molar refractivity (Wildman–Crippen MR) is 199 cm³/mol. The SMILES string of the molecule is CC.CC.N/C=C\NC1C[CH-]CN(Cc2ccccc2)C[CH-]C1.O=[N+]([O-])/C=C\NC1C[CH-]CN(Cc2ccccc2)C[CH-]C1.[B].[B].[HH].[W+2].[W+2]. The molecule has 2 aliphatic heterocycles. The van der Waals surface area contributed by atoms with Crippen molar-refractivity contribution in [2.75, 3.05) is 26.2 Å². The van der Waals surface area contributed by atoms with Crippen molar-refractivity contribution in [3.63, 3.8) is 0 Å². The van der Waals surface area contributed by atoms with Gasteiger partial charge in [0.1, 0.15) is 0 Å². The first-order chi connectivity index (χ1) is 21.6. The van der Waals surface area contributed by atoms with Crippen molar-refractivity contribution in [3.05, 3.63) is 132 Å². The summed E-state index contributed by atoms with van der Waals surface area (Å²) in [6, 6.07) is 21.8. The largest absolute Gasteiger partial charge is 2.00 e. The number of likely N-dealkylation sites (tertiary alicyclic amines) is 2. The molecule has 4 N–H and O–H groups in total. The molecule has 2 fully saturated rings. The van der Waals surface area contributed by atoms with Crippen LogP contribution in [0.3, 0.4) is 0 Å². The van der Waals surface area contributed by atoms with Gasteiger partial charge in [0.2, 0.25) is 6.20 Å². The van der Waals surface area contributed by atoms with Crippen LogP contribution in [0.1, 0.15) is 65.9 Å². The molecule has 0 saturated carbocycles. The topological polar surface area (TPSA) is 99.7 Å². The summed E-state index contributed by atoms with van der Waals surface area (Å²) in [6.07, 6.45) is 18.9. The minimum absolute atomic E-state index is 0. The normalized spacial score (nSPS) is 15.8. The third-order valence-corrected chi connectivity index (χ3v) is 6.81. The number of nitro groups is 1. The van der Waals surface area contributed by atoms with Crippen LogP contribution >= 0.6 is 0 Å².